The summed E-state index contributed by atoms with van der Waals surface area (Å²) < 4.78 is 7.44. The molecule has 8 rings (SSSR count). The maximum absolute atomic E-state index is 6.43. The summed E-state index contributed by atoms with van der Waals surface area (Å²) in [5.41, 5.74) is 8.88. The summed E-state index contributed by atoms with van der Waals surface area (Å²) in [5, 5.41) is 2.06. The van der Waals surface area contributed by atoms with Crippen molar-refractivity contribution in [1.82, 2.24) is 15.0 Å². The summed E-state index contributed by atoms with van der Waals surface area (Å²) in [6.07, 6.45) is 7.83. The number of hydrogen-bond acceptors (Lipinski definition) is 4. The number of allylic oxidation sites excluding steroid dienone is 4. The average molecular weight is 647 g/mol. The van der Waals surface area contributed by atoms with E-state index in [1.165, 1.54) is 5.57 Å². The van der Waals surface area contributed by atoms with Crippen LogP contribution in [-0.4, -0.2) is 15.0 Å². The molecule has 5 aromatic carbocycles. The molecule has 0 amide bonds. The molecular weight excluding hydrogens is 618 g/mol. The van der Waals surface area contributed by atoms with E-state index >= 15 is 0 Å². The van der Waals surface area contributed by atoms with Gasteiger partial charge in [-0.05, 0) is 71.0 Å². The Labute approximate surface area is 270 Å². The number of aromatic nitrogens is 3. The molecule has 0 saturated heterocycles. The second kappa shape index (κ2) is 11.4. The Bertz CT molecular complexity index is 2280. The van der Waals surface area contributed by atoms with E-state index in [1.54, 1.807) is 0 Å². The third-order valence-corrected chi connectivity index (χ3v) is 8.82. The van der Waals surface area contributed by atoms with Gasteiger partial charge in [0.2, 0.25) is 0 Å². The van der Waals surface area contributed by atoms with Crippen molar-refractivity contribution in [2.75, 3.05) is 0 Å². The molecule has 0 saturated carbocycles. The third kappa shape index (κ3) is 5.30. The second-order valence-corrected chi connectivity index (χ2v) is 12.4. The van der Waals surface area contributed by atoms with Crippen LogP contribution in [0.15, 0.2) is 142 Å². The lowest BCUT2D eigenvalue weighted by molar-refractivity contribution is 0.669. The van der Waals surface area contributed by atoms with Crippen molar-refractivity contribution in [2.45, 2.75) is 13.3 Å². The molecule has 0 spiro atoms. The fourth-order valence-electron chi connectivity index (χ4n) is 5.95. The van der Waals surface area contributed by atoms with Gasteiger partial charge in [-0.3, -0.25) is 0 Å². The van der Waals surface area contributed by atoms with Gasteiger partial charge in [0.05, 0.1) is 5.56 Å². The number of para-hydroxylation sites is 1. The first kappa shape index (κ1) is 27.4. The summed E-state index contributed by atoms with van der Waals surface area (Å²) in [7, 11) is 0. The average Bonchev–Trinajstić information content (AvgIpc) is 3.47. The van der Waals surface area contributed by atoms with Gasteiger partial charge in [0, 0.05) is 26.4 Å². The highest BCUT2D eigenvalue weighted by Gasteiger charge is 2.18. The van der Waals surface area contributed by atoms with E-state index < -0.39 is 0 Å². The van der Waals surface area contributed by atoms with Gasteiger partial charge in [-0.25, -0.2) is 15.0 Å². The largest absolute Gasteiger partial charge is 0.455 e. The molecule has 5 heteroatoms. The van der Waals surface area contributed by atoms with Gasteiger partial charge in [0.25, 0.3) is 0 Å². The molecule has 1 atom stereocenters. The number of rotatable bonds is 5. The Kier molecular flexibility index (Phi) is 6.96. The van der Waals surface area contributed by atoms with Crippen molar-refractivity contribution in [3.8, 4) is 45.3 Å². The van der Waals surface area contributed by atoms with Crippen LogP contribution >= 0.6 is 15.9 Å². The van der Waals surface area contributed by atoms with Gasteiger partial charge in [0.1, 0.15) is 11.2 Å². The summed E-state index contributed by atoms with van der Waals surface area (Å²) >= 11 is 3.61. The Balaban J connectivity index is 1.32. The van der Waals surface area contributed by atoms with Crippen molar-refractivity contribution in [2.24, 2.45) is 5.92 Å². The molecule has 0 bridgehead atoms. The summed E-state index contributed by atoms with van der Waals surface area (Å²) in [4.78, 5) is 15.2. The first-order chi connectivity index (χ1) is 22.1. The minimum atomic E-state index is 0.555. The monoisotopic (exact) mass is 645 g/mol. The van der Waals surface area contributed by atoms with Crippen LogP contribution in [0.1, 0.15) is 18.9 Å². The quantitative estimate of drug-likeness (QED) is 0.187. The number of benzene rings is 5. The Morgan fingerprint density at radius 1 is 0.622 bits per heavy atom. The standard InChI is InChI=1S/C40H28BrN3O/c1-25-16-18-27(19-17-25)29-11-6-13-31(23-29)39-42-38(30-12-5-10-28(22-30)26-8-3-2-4-9-26)43-40(44-39)34-15-7-14-33-35-24-32(41)20-21-36(35)45-37(33)34/h2-16,18-25H,17H2,1H3. The van der Waals surface area contributed by atoms with E-state index in [0.717, 1.165) is 66.2 Å². The smallest absolute Gasteiger partial charge is 0.167 e. The Hall–Kier alpha value is -5.13. The van der Waals surface area contributed by atoms with E-state index in [-0.39, 0.29) is 0 Å². The molecule has 0 fully saturated rings. The molecule has 0 radical (unpaired) electrons. The predicted molar refractivity (Wildman–Crippen MR) is 187 cm³/mol. The fraction of sp³-hybridized carbons (Fsp3) is 0.0750. The molecule has 7 aromatic rings. The summed E-state index contributed by atoms with van der Waals surface area (Å²) in [6, 6.07) is 39.4. The lowest BCUT2D eigenvalue weighted by atomic mass is 9.93. The molecule has 1 aliphatic carbocycles. The van der Waals surface area contributed by atoms with Gasteiger partial charge < -0.3 is 4.42 Å². The molecule has 45 heavy (non-hydrogen) atoms. The normalized spacial score (nSPS) is 14.6. The fourth-order valence-corrected chi connectivity index (χ4v) is 6.31. The van der Waals surface area contributed by atoms with Gasteiger partial charge >= 0.3 is 0 Å². The zero-order valence-electron chi connectivity index (χ0n) is 24.6. The van der Waals surface area contributed by atoms with Gasteiger partial charge in [-0.2, -0.15) is 0 Å². The van der Waals surface area contributed by atoms with Gasteiger partial charge in [0.15, 0.2) is 17.5 Å². The van der Waals surface area contributed by atoms with Crippen LogP contribution in [0.5, 0.6) is 0 Å². The first-order valence-electron chi connectivity index (χ1n) is 15.1. The van der Waals surface area contributed by atoms with E-state index in [2.05, 4.69) is 126 Å². The summed E-state index contributed by atoms with van der Waals surface area (Å²) in [6.45, 7) is 2.24. The zero-order chi connectivity index (χ0) is 30.3. The molecule has 0 aliphatic heterocycles. The van der Waals surface area contributed by atoms with Crippen LogP contribution in [0.4, 0.5) is 0 Å². The second-order valence-electron chi connectivity index (χ2n) is 11.5. The lowest BCUT2D eigenvalue weighted by Crippen LogP contribution is -2.01. The van der Waals surface area contributed by atoms with Gasteiger partial charge in [-0.1, -0.05) is 120 Å². The number of halogens is 1. The molecule has 216 valence electrons. The van der Waals surface area contributed by atoms with E-state index in [0.29, 0.717) is 23.4 Å². The van der Waals surface area contributed by atoms with Crippen LogP contribution in [-0.2, 0) is 0 Å². The Morgan fingerprint density at radius 2 is 1.29 bits per heavy atom. The summed E-state index contributed by atoms with van der Waals surface area (Å²) in [5.74, 6) is 2.35. The lowest BCUT2D eigenvalue weighted by Gasteiger charge is -2.13. The number of fused-ring (bicyclic) bond motifs is 3. The minimum Gasteiger partial charge on any atom is -0.455 e. The molecule has 1 aliphatic rings. The Morgan fingerprint density at radius 3 is 2.04 bits per heavy atom. The maximum atomic E-state index is 6.43. The number of hydrogen-bond donors (Lipinski definition) is 0. The number of furan rings is 1. The highest BCUT2D eigenvalue weighted by molar-refractivity contribution is 9.10. The van der Waals surface area contributed by atoms with Crippen molar-refractivity contribution in [3.05, 3.63) is 144 Å². The van der Waals surface area contributed by atoms with Crippen molar-refractivity contribution < 1.29 is 4.42 Å². The van der Waals surface area contributed by atoms with Crippen LogP contribution in [0.3, 0.4) is 0 Å². The molecule has 1 unspecified atom stereocenters. The van der Waals surface area contributed by atoms with Crippen molar-refractivity contribution in [3.63, 3.8) is 0 Å². The van der Waals surface area contributed by atoms with Crippen molar-refractivity contribution in [1.29, 1.82) is 0 Å². The van der Waals surface area contributed by atoms with E-state index in [1.807, 2.05) is 30.3 Å². The molecule has 2 aromatic heterocycles. The highest BCUT2D eigenvalue weighted by atomic mass is 79.9. The van der Waals surface area contributed by atoms with Crippen LogP contribution in [0.2, 0.25) is 0 Å². The minimum absolute atomic E-state index is 0.555. The van der Waals surface area contributed by atoms with E-state index in [9.17, 15) is 0 Å². The zero-order valence-corrected chi connectivity index (χ0v) is 26.2. The molecule has 0 N–H and O–H groups in total. The molecular formula is C40H28BrN3O. The van der Waals surface area contributed by atoms with Crippen LogP contribution < -0.4 is 0 Å². The molecule has 4 nitrogen and oxygen atoms in total. The van der Waals surface area contributed by atoms with E-state index in [4.69, 9.17) is 19.4 Å². The third-order valence-electron chi connectivity index (χ3n) is 8.33. The van der Waals surface area contributed by atoms with Crippen molar-refractivity contribution >= 4 is 43.4 Å². The van der Waals surface area contributed by atoms with Gasteiger partial charge in [-0.15, -0.1) is 0 Å². The molecule has 2 heterocycles. The predicted octanol–water partition coefficient (Wildman–Crippen LogP) is 11.2. The topological polar surface area (TPSA) is 51.8 Å². The van der Waals surface area contributed by atoms with Crippen LogP contribution in [0, 0.1) is 5.92 Å². The van der Waals surface area contributed by atoms with Crippen LogP contribution in [0.25, 0.3) is 72.8 Å². The number of nitrogens with zero attached hydrogens (tertiary/aromatic N) is 3. The maximum Gasteiger partial charge on any atom is 0.167 e. The SMILES string of the molecule is CC1C=CC(c2cccc(-c3nc(-c4cccc(-c5ccccc5)c4)nc(-c4cccc5c4oc4ccc(Br)cc45)n3)c2)=CC1. The first-order valence-corrected chi connectivity index (χ1v) is 15.9. The highest BCUT2D eigenvalue weighted by Crippen LogP contribution is 2.37.